The molecule has 0 bridgehead atoms. The summed E-state index contributed by atoms with van der Waals surface area (Å²) in [6, 6.07) is 14.6. The molecular formula is C20H23Cl3N2O. The molecule has 0 aliphatic carbocycles. The first kappa shape index (κ1) is 19.6. The van der Waals surface area contributed by atoms with Gasteiger partial charge >= 0.3 is 0 Å². The standard InChI is InChI=1S/C20H22Cl2N2O.ClH/c21-17-12-16-15-6-8-23-9-7-19(15)24(20(16)13-18(17)22)10-11-25-14-4-2-1-3-5-14;/h1-5,12-13,15,19,23H,6-11H2;1H. The van der Waals surface area contributed by atoms with Gasteiger partial charge in [0, 0.05) is 17.6 Å². The molecule has 2 aliphatic rings. The van der Waals surface area contributed by atoms with Crippen LogP contribution in [0.3, 0.4) is 0 Å². The number of para-hydroxylation sites is 1. The molecule has 0 amide bonds. The van der Waals surface area contributed by atoms with Gasteiger partial charge in [-0.3, -0.25) is 0 Å². The second-order valence-electron chi connectivity index (χ2n) is 6.68. The number of ether oxygens (including phenoxy) is 1. The monoisotopic (exact) mass is 412 g/mol. The Kier molecular flexibility index (Phi) is 6.57. The van der Waals surface area contributed by atoms with Gasteiger partial charge in [-0.25, -0.2) is 0 Å². The molecule has 2 atom stereocenters. The molecule has 0 radical (unpaired) electrons. The van der Waals surface area contributed by atoms with Crippen molar-refractivity contribution in [2.75, 3.05) is 31.1 Å². The number of nitrogens with one attached hydrogen (secondary N) is 1. The molecular weight excluding hydrogens is 391 g/mol. The van der Waals surface area contributed by atoms with E-state index in [1.807, 2.05) is 36.4 Å². The van der Waals surface area contributed by atoms with Crippen molar-refractivity contribution in [3.8, 4) is 5.75 Å². The Labute approximate surface area is 171 Å². The van der Waals surface area contributed by atoms with Crippen molar-refractivity contribution in [1.29, 1.82) is 0 Å². The largest absolute Gasteiger partial charge is 0.492 e. The fourth-order valence-electron chi connectivity index (χ4n) is 4.10. The molecule has 2 unspecified atom stereocenters. The van der Waals surface area contributed by atoms with Gasteiger partial charge in [-0.05, 0) is 55.8 Å². The van der Waals surface area contributed by atoms with E-state index in [1.165, 1.54) is 11.3 Å². The lowest BCUT2D eigenvalue weighted by Gasteiger charge is -2.29. The lowest BCUT2D eigenvalue weighted by molar-refractivity contribution is 0.317. The molecule has 26 heavy (non-hydrogen) atoms. The lowest BCUT2D eigenvalue weighted by Crippen LogP contribution is -2.37. The fraction of sp³-hybridized carbons (Fsp3) is 0.400. The van der Waals surface area contributed by atoms with Crippen LogP contribution in [0, 0.1) is 0 Å². The minimum Gasteiger partial charge on any atom is -0.492 e. The Morgan fingerprint density at radius 3 is 2.58 bits per heavy atom. The fourth-order valence-corrected chi connectivity index (χ4v) is 4.43. The summed E-state index contributed by atoms with van der Waals surface area (Å²) in [7, 11) is 0. The van der Waals surface area contributed by atoms with Crippen molar-refractivity contribution < 1.29 is 4.74 Å². The van der Waals surface area contributed by atoms with Gasteiger partial charge in [-0.15, -0.1) is 12.4 Å². The maximum atomic E-state index is 6.32. The minimum atomic E-state index is 0. The van der Waals surface area contributed by atoms with Crippen molar-refractivity contribution in [3.63, 3.8) is 0 Å². The van der Waals surface area contributed by atoms with E-state index in [9.17, 15) is 0 Å². The van der Waals surface area contributed by atoms with Crippen molar-refractivity contribution in [2.24, 2.45) is 0 Å². The van der Waals surface area contributed by atoms with Crippen LogP contribution in [0.1, 0.15) is 24.3 Å². The molecule has 1 saturated heterocycles. The van der Waals surface area contributed by atoms with E-state index in [0.29, 0.717) is 28.6 Å². The predicted molar refractivity (Wildman–Crippen MR) is 112 cm³/mol. The molecule has 6 heteroatoms. The number of hydrogen-bond acceptors (Lipinski definition) is 3. The van der Waals surface area contributed by atoms with Crippen molar-refractivity contribution in [3.05, 3.63) is 58.1 Å². The van der Waals surface area contributed by atoms with Crippen LogP contribution < -0.4 is 15.0 Å². The van der Waals surface area contributed by atoms with Crippen molar-refractivity contribution in [2.45, 2.75) is 24.8 Å². The third kappa shape index (κ3) is 3.91. The van der Waals surface area contributed by atoms with Gasteiger partial charge in [0.25, 0.3) is 0 Å². The number of anilines is 1. The zero-order chi connectivity index (χ0) is 17.2. The van der Waals surface area contributed by atoms with E-state index in [1.54, 1.807) is 0 Å². The van der Waals surface area contributed by atoms with Gasteiger partial charge in [0.1, 0.15) is 12.4 Å². The molecule has 4 rings (SSSR count). The molecule has 1 N–H and O–H groups in total. The van der Waals surface area contributed by atoms with Crippen LogP contribution in [0.15, 0.2) is 42.5 Å². The van der Waals surface area contributed by atoms with E-state index >= 15 is 0 Å². The zero-order valence-corrected chi connectivity index (χ0v) is 16.8. The summed E-state index contributed by atoms with van der Waals surface area (Å²) >= 11 is 12.6. The first-order chi connectivity index (χ1) is 12.2. The van der Waals surface area contributed by atoms with Gasteiger partial charge < -0.3 is 15.0 Å². The molecule has 2 heterocycles. The van der Waals surface area contributed by atoms with Crippen LogP contribution >= 0.6 is 35.6 Å². The summed E-state index contributed by atoms with van der Waals surface area (Å²) in [6.45, 7) is 3.60. The minimum absolute atomic E-state index is 0. The third-order valence-corrected chi connectivity index (χ3v) is 5.96. The maximum absolute atomic E-state index is 6.32. The number of hydrogen-bond donors (Lipinski definition) is 1. The average Bonchev–Trinajstić information content (AvgIpc) is 2.79. The number of rotatable bonds is 4. The Morgan fingerprint density at radius 2 is 1.77 bits per heavy atom. The Morgan fingerprint density at radius 1 is 1.04 bits per heavy atom. The van der Waals surface area contributed by atoms with Crippen LogP contribution in [0.4, 0.5) is 5.69 Å². The molecule has 2 aromatic carbocycles. The summed E-state index contributed by atoms with van der Waals surface area (Å²) in [5, 5.41) is 4.80. The van der Waals surface area contributed by atoms with E-state index in [-0.39, 0.29) is 12.4 Å². The first-order valence-corrected chi connectivity index (χ1v) is 9.64. The molecule has 0 saturated carbocycles. The van der Waals surface area contributed by atoms with E-state index in [2.05, 4.69) is 16.3 Å². The Balaban J connectivity index is 0.00000196. The van der Waals surface area contributed by atoms with Gasteiger partial charge in [0.2, 0.25) is 0 Å². The summed E-state index contributed by atoms with van der Waals surface area (Å²) in [5.41, 5.74) is 2.56. The van der Waals surface area contributed by atoms with Gasteiger partial charge in [0.05, 0.1) is 16.6 Å². The van der Waals surface area contributed by atoms with Crippen LogP contribution in [-0.2, 0) is 0 Å². The van der Waals surface area contributed by atoms with Crippen LogP contribution in [0.2, 0.25) is 10.0 Å². The SMILES string of the molecule is Cl.Clc1cc2c(cc1Cl)N(CCOc1ccccc1)C1CCNCCC21. The second kappa shape index (κ2) is 8.71. The number of nitrogens with zero attached hydrogens (tertiary/aromatic N) is 1. The lowest BCUT2D eigenvalue weighted by atomic mass is 9.91. The topological polar surface area (TPSA) is 24.5 Å². The van der Waals surface area contributed by atoms with E-state index in [4.69, 9.17) is 27.9 Å². The van der Waals surface area contributed by atoms with Gasteiger partial charge in [-0.1, -0.05) is 41.4 Å². The van der Waals surface area contributed by atoms with Crippen LogP contribution in [0.5, 0.6) is 5.75 Å². The maximum Gasteiger partial charge on any atom is 0.119 e. The molecule has 0 aromatic heterocycles. The van der Waals surface area contributed by atoms with Crippen LogP contribution in [-0.4, -0.2) is 32.3 Å². The van der Waals surface area contributed by atoms with E-state index < -0.39 is 0 Å². The predicted octanol–water partition coefficient (Wildman–Crippen LogP) is 5.15. The average molecular weight is 414 g/mol. The van der Waals surface area contributed by atoms with Crippen molar-refractivity contribution in [1.82, 2.24) is 5.32 Å². The summed E-state index contributed by atoms with van der Waals surface area (Å²) < 4.78 is 5.93. The second-order valence-corrected chi connectivity index (χ2v) is 7.50. The highest BCUT2D eigenvalue weighted by atomic mass is 35.5. The number of fused-ring (bicyclic) bond motifs is 3. The molecule has 2 aliphatic heterocycles. The quantitative estimate of drug-likeness (QED) is 0.750. The summed E-state index contributed by atoms with van der Waals surface area (Å²) in [5.74, 6) is 1.42. The third-order valence-electron chi connectivity index (χ3n) is 5.24. The normalized spacial score (nSPS) is 21.4. The number of benzene rings is 2. The van der Waals surface area contributed by atoms with Gasteiger partial charge in [-0.2, -0.15) is 0 Å². The van der Waals surface area contributed by atoms with E-state index in [0.717, 1.165) is 38.2 Å². The highest BCUT2D eigenvalue weighted by molar-refractivity contribution is 6.42. The highest BCUT2D eigenvalue weighted by Gasteiger charge is 2.39. The van der Waals surface area contributed by atoms with Crippen molar-refractivity contribution >= 4 is 41.3 Å². The zero-order valence-electron chi connectivity index (χ0n) is 14.5. The molecule has 2 aromatic rings. The first-order valence-electron chi connectivity index (χ1n) is 8.88. The highest BCUT2D eigenvalue weighted by Crippen LogP contribution is 2.47. The Bertz CT molecular complexity index is 741. The van der Waals surface area contributed by atoms with Gasteiger partial charge in [0.15, 0.2) is 0 Å². The molecule has 0 spiro atoms. The Hall–Kier alpha value is -1.13. The molecule has 1 fully saturated rings. The van der Waals surface area contributed by atoms with Crippen LogP contribution in [0.25, 0.3) is 0 Å². The molecule has 140 valence electrons. The number of halogens is 3. The summed E-state index contributed by atoms with van der Waals surface area (Å²) in [6.07, 6.45) is 2.26. The smallest absolute Gasteiger partial charge is 0.119 e. The molecule has 3 nitrogen and oxygen atoms in total. The summed E-state index contributed by atoms with van der Waals surface area (Å²) in [4.78, 5) is 2.47.